The Morgan fingerprint density at radius 3 is 2.81 bits per heavy atom. The highest BCUT2D eigenvalue weighted by Gasteiger charge is 2.23. The van der Waals surface area contributed by atoms with Gasteiger partial charge in [-0.1, -0.05) is 0 Å². The second-order valence-electron chi connectivity index (χ2n) is 5.15. The Hall–Kier alpha value is -2.71. The van der Waals surface area contributed by atoms with Crippen LogP contribution in [0.25, 0.3) is 5.65 Å². The Morgan fingerprint density at radius 2 is 2.05 bits per heavy atom. The molecule has 1 aliphatic rings. The van der Waals surface area contributed by atoms with Crippen LogP contribution < -0.4 is 10.6 Å². The predicted octanol–water partition coefficient (Wildman–Crippen LogP) is 0.139. The van der Waals surface area contributed by atoms with E-state index in [9.17, 15) is 0 Å². The average Bonchev–Trinajstić information content (AvgIpc) is 3.15. The zero-order chi connectivity index (χ0) is 14.2. The first-order valence-electron chi connectivity index (χ1n) is 6.89. The molecule has 0 aromatic carbocycles. The minimum Gasteiger partial charge on any atom is -0.382 e. The van der Waals surface area contributed by atoms with Gasteiger partial charge in [-0.3, -0.25) is 9.67 Å². The van der Waals surface area contributed by atoms with Crippen molar-refractivity contribution in [2.45, 2.75) is 18.9 Å². The number of hydrogen-bond donors (Lipinski definition) is 1. The third kappa shape index (κ3) is 2.06. The highest BCUT2D eigenvalue weighted by atomic mass is 15.5. The molecule has 3 aromatic rings. The van der Waals surface area contributed by atoms with Crippen LogP contribution in [0, 0.1) is 0 Å². The van der Waals surface area contributed by atoms with Crippen LogP contribution in [0.2, 0.25) is 0 Å². The Morgan fingerprint density at radius 1 is 1.19 bits per heavy atom. The van der Waals surface area contributed by atoms with E-state index in [2.05, 4.69) is 30.5 Å². The number of tetrazole rings is 1. The summed E-state index contributed by atoms with van der Waals surface area (Å²) in [5.41, 5.74) is 6.34. The van der Waals surface area contributed by atoms with Crippen molar-refractivity contribution < 1.29 is 0 Å². The first kappa shape index (κ1) is 12.1. The molecule has 0 unspecified atom stereocenters. The third-order valence-electron chi connectivity index (χ3n) is 3.88. The fourth-order valence-electron chi connectivity index (χ4n) is 2.79. The zero-order valence-electron chi connectivity index (χ0n) is 11.4. The van der Waals surface area contributed by atoms with Gasteiger partial charge in [-0.25, -0.2) is 0 Å². The van der Waals surface area contributed by atoms with Gasteiger partial charge in [-0.2, -0.15) is 9.61 Å². The summed E-state index contributed by atoms with van der Waals surface area (Å²) in [6.07, 6.45) is 7.40. The zero-order valence-corrected chi connectivity index (χ0v) is 11.4. The molecule has 1 aliphatic heterocycles. The molecule has 2 N–H and O–H groups in total. The average molecular weight is 285 g/mol. The van der Waals surface area contributed by atoms with Gasteiger partial charge in [-0.15, -0.1) is 5.10 Å². The van der Waals surface area contributed by atoms with E-state index in [0.29, 0.717) is 17.5 Å². The van der Waals surface area contributed by atoms with E-state index in [1.54, 1.807) is 16.9 Å². The molecule has 0 aliphatic carbocycles. The molecule has 1 saturated heterocycles. The standard InChI is InChI=1S/C12H15N9/c13-10-3-6-20(16-10)9-1-4-19(5-2-9)12-8-14-7-11-15-17-18-21(11)12/h3,6-9H,1-2,4-5H2,(H2,13,16). The number of hydrogen-bond acceptors (Lipinski definition) is 7. The number of anilines is 2. The normalized spacial score (nSPS) is 16.7. The van der Waals surface area contributed by atoms with Crippen LogP contribution in [0.15, 0.2) is 24.7 Å². The monoisotopic (exact) mass is 285 g/mol. The van der Waals surface area contributed by atoms with Gasteiger partial charge in [0.25, 0.3) is 0 Å². The minimum absolute atomic E-state index is 0.389. The smallest absolute Gasteiger partial charge is 0.199 e. The van der Waals surface area contributed by atoms with Gasteiger partial charge >= 0.3 is 0 Å². The second kappa shape index (κ2) is 4.69. The maximum atomic E-state index is 5.68. The van der Waals surface area contributed by atoms with E-state index in [1.165, 1.54) is 0 Å². The molecule has 0 amide bonds. The van der Waals surface area contributed by atoms with Crippen LogP contribution in [0.5, 0.6) is 0 Å². The van der Waals surface area contributed by atoms with Gasteiger partial charge in [-0.05, 0) is 29.3 Å². The summed E-state index contributed by atoms with van der Waals surface area (Å²) in [7, 11) is 0. The molecule has 0 saturated carbocycles. The number of fused-ring (bicyclic) bond motifs is 1. The second-order valence-corrected chi connectivity index (χ2v) is 5.15. The van der Waals surface area contributed by atoms with Gasteiger partial charge in [0.15, 0.2) is 11.5 Å². The van der Waals surface area contributed by atoms with Crippen molar-refractivity contribution in [2.75, 3.05) is 23.7 Å². The summed E-state index contributed by atoms with van der Waals surface area (Å²) < 4.78 is 3.68. The molecule has 4 rings (SSSR count). The summed E-state index contributed by atoms with van der Waals surface area (Å²) >= 11 is 0. The topological polar surface area (TPSA) is 103 Å². The number of nitrogen functional groups attached to an aromatic ring is 1. The van der Waals surface area contributed by atoms with Crippen molar-refractivity contribution >= 4 is 17.3 Å². The molecule has 21 heavy (non-hydrogen) atoms. The Labute approximate surface area is 120 Å². The summed E-state index contributed by atoms with van der Waals surface area (Å²) in [6.45, 7) is 1.82. The summed E-state index contributed by atoms with van der Waals surface area (Å²) in [4.78, 5) is 6.45. The fourth-order valence-corrected chi connectivity index (χ4v) is 2.79. The maximum absolute atomic E-state index is 5.68. The largest absolute Gasteiger partial charge is 0.382 e. The lowest BCUT2D eigenvalue weighted by molar-refractivity contribution is 0.366. The molecular formula is C12H15N9. The molecule has 3 aromatic heterocycles. The van der Waals surface area contributed by atoms with Crippen LogP contribution in [0.4, 0.5) is 11.6 Å². The lowest BCUT2D eigenvalue weighted by Gasteiger charge is -2.33. The van der Waals surface area contributed by atoms with Crippen molar-refractivity contribution in [3.63, 3.8) is 0 Å². The first-order chi connectivity index (χ1) is 10.3. The van der Waals surface area contributed by atoms with Crippen LogP contribution >= 0.6 is 0 Å². The van der Waals surface area contributed by atoms with E-state index in [0.717, 1.165) is 31.7 Å². The Kier molecular flexibility index (Phi) is 2.69. The number of nitrogens with two attached hydrogens (primary N) is 1. The van der Waals surface area contributed by atoms with Gasteiger partial charge in [0.05, 0.1) is 18.4 Å². The Balaban J connectivity index is 1.53. The highest BCUT2D eigenvalue weighted by molar-refractivity contribution is 5.46. The minimum atomic E-state index is 0.389. The molecule has 4 heterocycles. The van der Waals surface area contributed by atoms with Crippen molar-refractivity contribution in [2.24, 2.45) is 0 Å². The number of piperidine rings is 1. The maximum Gasteiger partial charge on any atom is 0.199 e. The Bertz CT molecular complexity index is 753. The highest BCUT2D eigenvalue weighted by Crippen LogP contribution is 2.25. The molecule has 0 bridgehead atoms. The fraction of sp³-hybridized carbons (Fsp3) is 0.417. The van der Waals surface area contributed by atoms with E-state index in [4.69, 9.17) is 5.73 Å². The molecule has 0 atom stereocenters. The van der Waals surface area contributed by atoms with Crippen molar-refractivity contribution in [1.29, 1.82) is 0 Å². The first-order valence-corrected chi connectivity index (χ1v) is 6.89. The SMILES string of the molecule is Nc1ccn(C2CCN(c3cncc4nnnn34)CC2)n1. The third-order valence-corrected chi connectivity index (χ3v) is 3.88. The van der Waals surface area contributed by atoms with Crippen molar-refractivity contribution in [3.05, 3.63) is 24.7 Å². The molecule has 108 valence electrons. The van der Waals surface area contributed by atoms with Crippen LogP contribution in [0.1, 0.15) is 18.9 Å². The summed E-state index contributed by atoms with van der Waals surface area (Å²) in [5.74, 6) is 1.50. The van der Waals surface area contributed by atoms with Gasteiger partial charge < -0.3 is 10.6 Å². The molecule has 0 spiro atoms. The van der Waals surface area contributed by atoms with E-state index < -0.39 is 0 Å². The molecule has 1 fully saturated rings. The molecule has 9 heteroatoms. The molecule has 0 radical (unpaired) electrons. The van der Waals surface area contributed by atoms with Crippen molar-refractivity contribution in [1.82, 2.24) is 34.8 Å². The predicted molar refractivity (Wildman–Crippen MR) is 75.7 cm³/mol. The lowest BCUT2D eigenvalue weighted by Crippen LogP contribution is -2.36. The van der Waals surface area contributed by atoms with Crippen molar-refractivity contribution in [3.8, 4) is 0 Å². The number of rotatable bonds is 2. The lowest BCUT2D eigenvalue weighted by atomic mass is 10.1. The van der Waals surface area contributed by atoms with E-state index >= 15 is 0 Å². The van der Waals surface area contributed by atoms with Gasteiger partial charge in [0.2, 0.25) is 0 Å². The van der Waals surface area contributed by atoms with Crippen LogP contribution in [-0.2, 0) is 0 Å². The number of nitrogens with zero attached hydrogens (tertiary/aromatic N) is 8. The van der Waals surface area contributed by atoms with E-state index in [1.807, 2.05) is 16.9 Å². The molecular weight excluding hydrogens is 270 g/mol. The number of aromatic nitrogens is 7. The summed E-state index contributed by atoms with van der Waals surface area (Å²) in [6, 6.07) is 2.22. The van der Waals surface area contributed by atoms with Crippen LogP contribution in [0.3, 0.4) is 0 Å². The van der Waals surface area contributed by atoms with Crippen LogP contribution in [-0.4, -0.2) is 47.9 Å². The van der Waals surface area contributed by atoms with Gasteiger partial charge in [0.1, 0.15) is 5.82 Å². The quantitative estimate of drug-likeness (QED) is 0.714. The van der Waals surface area contributed by atoms with E-state index in [-0.39, 0.29) is 0 Å². The molecule has 9 nitrogen and oxygen atoms in total. The summed E-state index contributed by atoms with van der Waals surface area (Å²) in [5, 5.41) is 15.9. The van der Waals surface area contributed by atoms with Gasteiger partial charge in [0, 0.05) is 19.3 Å².